The second-order valence-electron chi connectivity index (χ2n) is 8.66. The van der Waals surface area contributed by atoms with E-state index < -0.39 is 0 Å². The third-order valence-corrected chi connectivity index (χ3v) is 6.71. The zero-order valence-electron chi connectivity index (χ0n) is 17.1. The van der Waals surface area contributed by atoms with Crippen LogP contribution < -0.4 is 9.80 Å². The monoisotopic (exact) mass is 393 g/mol. The van der Waals surface area contributed by atoms with Crippen molar-refractivity contribution < 1.29 is 5.11 Å². The summed E-state index contributed by atoms with van der Waals surface area (Å²) in [5.41, 5.74) is 3.05. The fraction of sp³-hybridized carbons (Fsp3) is 0.565. The van der Waals surface area contributed by atoms with E-state index in [1.807, 2.05) is 12.3 Å². The first-order chi connectivity index (χ1) is 14.3. The molecule has 2 aromatic rings. The molecule has 5 rings (SSSR count). The molecular weight excluding hydrogens is 362 g/mol. The zero-order chi connectivity index (χ0) is 19.6. The van der Waals surface area contributed by atoms with Gasteiger partial charge < -0.3 is 14.9 Å². The number of β-amino-alcohol motifs (C(OH)–C–C–N with tert-alkyl or cyclic N) is 1. The normalized spacial score (nSPS) is 23.8. The van der Waals surface area contributed by atoms with Crippen LogP contribution in [0.1, 0.15) is 30.4 Å². The number of fused-ring (bicyclic) bond motifs is 1. The molecule has 2 aliphatic heterocycles. The van der Waals surface area contributed by atoms with Gasteiger partial charge in [0, 0.05) is 51.5 Å². The number of aliphatic hydroxyl groups is 1. The minimum Gasteiger partial charge on any atom is -0.391 e. The van der Waals surface area contributed by atoms with Crippen molar-refractivity contribution in [3.05, 3.63) is 47.7 Å². The Hall–Kier alpha value is -2.18. The molecule has 2 fully saturated rings. The Morgan fingerprint density at radius 2 is 1.66 bits per heavy atom. The Bertz CT molecular complexity index is 819. The smallest absolute Gasteiger partial charge is 0.227 e. The van der Waals surface area contributed by atoms with Gasteiger partial charge in [0.15, 0.2) is 0 Å². The highest BCUT2D eigenvalue weighted by atomic mass is 16.3. The number of nitrogens with zero attached hydrogens (tertiary/aromatic N) is 5. The van der Waals surface area contributed by atoms with E-state index in [2.05, 4.69) is 43.9 Å². The first-order valence-electron chi connectivity index (χ1n) is 11.1. The first kappa shape index (κ1) is 18.8. The van der Waals surface area contributed by atoms with Crippen LogP contribution in [0, 0.1) is 0 Å². The molecule has 3 heterocycles. The van der Waals surface area contributed by atoms with Crippen molar-refractivity contribution in [1.82, 2.24) is 14.9 Å². The molecule has 6 heteroatoms. The summed E-state index contributed by atoms with van der Waals surface area (Å²) in [4.78, 5) is 16.6. The third kappa shape index (κ3) is 4.09. The van der Waals surface area contributed by atoms with Crippen molar-refractivity contribution in [1.29, 1.82) is 0 Å². The lowest BCUT2D eigenvalue weighted by molar-refractivity contribution is 0.154. The lowest BCUT2D eigenvalue weighted by atomic mass is 10.1. The second-order valence-corrected chi connectivity index (χ2v) is 8.66. The van der Waals surface area contributed by atoms with Gasteiger partial charge in [-0.3, -0.25) is 4.90 Å². The van der Waals surface area contributed by atoms with Crippen molar-refractivity contribution in [2.45, 2.75) is 44.2 Å². The number of piperidine rings is 1. The van der Waals surface area contributed by atoms with E-state index in [4.69, 9.17) is 4.98 Å². The third-order valence-electron chi connectivity index (χ3n) is 6.71. The quantitative estimate of drug-likeness (QED) is 0.862. The molecule has 3 aliphatic rings. The van der Waals surface area contributed by atoms with E-state index in [0.29, 0.717) is 12.6 Å². The van der Waals surface area contributed by atoms with Crippen LogP contribution in [0.15, 0.2) is 36.5 Å². The van der Waals surface area contributed by atoms with Gasteiger partial charge in [0.05, 0.1) is 6.10 Å². The summed E-state index contributed by atoms with van der Waals surface area (Å²) in [7, 11) is 0. The molecule has 1 atom stereocenters. The van der Waals surface area contributed by atoms with E-state index in [1.165, 1.54) is 24.0 Å². The van der Waals surface area contributed by atoms with Crippen LogP contribution in [0.25, 0.3) is 0 Å². The number of anilines is 2. The molecule has 1 N–H and O–H groups in total. The summed E-state index contributed by atoms with van der Waals surface area (Å²) in [6, 6.07) is 11.5. The van der Waals surface area contributed by atoms with E-state index in [0.717, 1.165) is 63.8 Å². The first-order valence-corrected chi connectivity index (χ1v) is 11.1. The number of hydrogen-bond donors (Lipinski definition) is 1. The average molecular weight is 394 g/mol. The summed E-state index contributed by atoms with van der Waals surface area (Å²) in [6.07, 6.45) is 7.03. The van der Waals surface area contributed by atoms with E-state index in [-0.39, 0.29) is 6.10 Å². The molecule has 2 saturated heterocycles. The van der Waals surface area contributed by atoms with Gasteiger partial charge in [-0.1, -0.05) is 24.3 Å². The van der Waals surface area contributed by atoms with Gasteiger partial charge in [0.2, 0.25) is 5.95 Å². The molecule has 1 unspecified atom stereocenters. The Morgan fingerprint density at radius 3 is 2.45 bits per heavy atom. The Labute approximate surface area is 173 Å². The van der Waals surface area contributed by atoms with Gasteiger partial charge in [0.1, 0.15) is 5.82 Å². The van der Waals surface area contributed by atoms with Crippen LogP contribution in [-0.4, -0.2) is 71.4 Å². The van der Waals surface area contributed by atoms with Crippen molar-refractivity contribution in [3.63, 3.8) is 0 Å². The predicted octanol–water partition coefficient (Wildman–Crippen LogP) is 2.12. The van der Waals surface area contributed by atoms with Crippen LogP contribution in [-0.2, 0) is 12.8 Å². The van der Waals surface area contributed by atoms with E-state index >= 15 is 0 Å². The van der Waals surface area contributed by atoms with Crippen LogP contribution in [0.2, 0.25) is 0 Å². The van der Waals surface area contributed by atoms with Gasteiger partial charge in [-0.2, -0.15) is 4.98 Å². The van der Waals surface area contributed by atoms with Gasteiger partial charge >= 0.3 is 0 Å². The van der Waals surface area contributed by atoms with Crippen LogP contribution in [0.5, 0.6) is 0 Å². The summed E-state index contributed by atoms with van der Waals surface area (Å²) in [6.45, 7) is 5.82. The highest BCUT2D eigenvalue weighted by Crippen LogP contribution is 2.27. The molecule has 0 bridgehead atoms. The van der Waals surface area contributed by atoms with E-state index in [9.17, 15) is 5.11 Å². The summed E-state index contributed by atoms with van der Waals surface area (Å²) in [5.74, 6) is 1.78. The maximum absolute atomic E-state index is 9.99. The molecule has 1 aromatic heterocycles. The number of hydrogen-bond acceptors (Lipinski definition) is 6. The molecule has 0 spiro atoms. The zero-order valence-corrected chi connectivity index (χ0v) is 17.1. The number of rotatable bonds is 3. The second kappa shape index (κ2) is 8.28. The predicted molar refractivity (Wildman–Crippen MR) is 116 cm³/mol. The van der Waals surface area contributed by atoms with E-state index in [1.54, 1.807) is 0 Å². The van der Waals surface area contributed by atoms with Crippen LogP contribution in [0.4, 0.5) is 11.8 Å². The average Bonchev–Trinajstić information content (AvgIpc) is 3.03. The Balaban J connectivity index is 1.24. The summed E-state index contributed by atoms with van der Waals surface area (Å²) in [5, 5.41) is 9.99. The molecular formula is C23H31N5O. The fourth-order valence-electron chi connectivity index (χ4n) is 5.13. The number of aromatic nitrogens is 2. The molecule has 0 radical (unpaired) electrons. The lowest BCUT2D eigenvalue weighted by Gasteiger charge is -2.31. The topological polar surface area (TPSA) is 55.7 Å². The largest absolute Gasteiger partial charge is 0.391 e. The van der Waals surface area contributed by atoms with Crippen molar-refractivity contribution >= 4 is 11.8 Å². The minimum atomic E-state index is -0.246. The minimum absolute atomic E-state index is 0.246. The van der Waals surface area contributed by atoms with Crippen LogP contribution in [0.3, 0.4) is 0 Å². The molecule has 1 aromatic carbocycles. The van der Waals surface area contributed by atoms with Crippen molar-refractivity contribution in [3.8, 4) is 0 Å². The highest BCUT2D eigenvalue weighted by Gasteiger charge is 2.28. The summed E-state index contributed by atoms with van der Waals surface area (Å²) < 4.78 is 0. The Morgan fingerprint density at radius 1 is 0.862 bits per heavy atom. The molecule has 154 valence electrons. The molecule has 1 aliphatic carbocycles. The van der Waals surface area contributed by atoms with Gasteiger partial charge in [0.25, 0.3) is 0 Å². The number of benzene rings is 1. The van der Waals surface area contributed by atoms with Crippen molar-refractivity contribution in [2.24, 2.45) is 0 Å². The molecule has 0 amide bonds. The van der Waals surface area contributed by atoms with Gasteiger partial charge in [-0.25, -0.2) is 4.98 Å². The number of aliphatic hydroxyl groups excluding tert-OH is 1. The SMILES string of the molecule is OC1CCCN(c2ccnc(N3CCCN(C4Cc5ccccc5C4)CC3)n2)C1. The lowest BCUT2D eigenvalue weighted by Crippen LogP contribution is -2.40. The van der Waals surface area contributed by atoms with Gasteiger partial charge in [-0.15, -0.1) is 0 Å². The summed E-state index contributed by atoms with van der Waals surface area (Å²) >= 11 is 0. The van der Waals surface area contributed by atoms with Crippen molar-refractivity contribution in [2.75, 3.05) is 49.1 Å². The maximum atomic E-state index is 9.99. The fourth-order valence-corrected chi connectivity index (χ4v) is 5.13. The molecule has 29 heavy (non-hydrogen) atoms. The van der Waals surface area contributed by atoms with Crippen LogP contribution >= 0.6 is 0 Å². The highest BCUT2D eigenvalue weighted by molar-refractivity contribution is 5.44. The molecule has 6 nitrogen and oxygen atoms in total. The standard InChI is InChI=1S/C23H31N5O/c29-21-7-3-10-28(17-21)22-8-9-24-23(25-22)27-12-4-11-26(13-14-27)20-15-18-5-1-2-6-19(18)16-20/h1-2,5-6,8-9,20-21,29H,3-4,7,10-17H2. The maximum Gasteiger partial charge on any atom is 0.227 e. The Kier molecular flexibility index (Phi) is 5.38. The molecule has 0 saturated carbocycles. The van der Waals surface area contributed by atoms with Gasteiger partial charge in [-0.05, 0) is 49.3 Å².